The zero-order valence-corrected chi connectivity index (χ0v) is 18.2. The lowest BCUT2D eigenvalue weighted by Gasteiger charge is -2.12. The summed E-state index contributed by atoms with van der Waals surface area (Å²) in [4.78, 5) is 16.9. The number of hydrogen-bond acceptors (Lipinski definition) is 6. The van der Waals surface area contributed by atoms with E-state index in [4.69, 9.17) is 14.2 Å². The molecule has 2 aromatic carbocycles. The van der Waals surface area contributed by atoms with E-state index in [1.54, 1.807) is 39.5 Å². The second-order valence-corrected chi connectivity index (χ2v) is 7.44. The molecule has 3 rings (SSSR count). The molecule has 0 atom stereocenters. The maximum Gasteiger partial charge on any atom is 0.244 e. The van der Waals surface area contributed by atoms with Crippen LogP contribution in [0.5, 0.6) is 17.2 Å². The number of benzene rings is 2. The van der Waals surface area contributed by atoms with E-state index in [2.05, 4.69) is 29.4 Å². The molecule has 0 aliphatic rings. The molecule has 0 fully saturated rings. The molecule has 30 heavy (non-hydrogen) atoms. The largest absolute Gasteiger partial charge is 0.496 e. The molecule has 1 aromatic heterocycles. The molecular weight excluding hydrogens is 400 g/mol. The van der Waals surface area contributed by atoms with E-state index in [1.165, 1.54) is 23.0 Å². The van der Waals surface area contributed by atoms with Crippen molar-refractivity contribution >= 4 is 23.3 Å². The van der Waals surface area contributed by atoms with Gasteiger partial charge in [-0.15, -0.1) is 11.3 Å². The molecule has 3 aromatic rings. The smallest absolute Gasteiger partial charge is 0.244 e. The van der Waals surface area contributed by atoms with E-state index in [0.717, 1.165) is 16.3 Å². The Labute approximate surface area is 180 Å². The van der Waals surface area contributed by atoms with Crippen molar-refractivity contribution in [1.29, 1.82) is 0 Å². The van der Waals surface area contributed by atoms with E-state index in [9.17, 15) is 4.79 Å². The summed E-state index contributed by atoms with van der Waals surface area (Å²) >= 11 is 1.52. The summed E-state index contributed by atoms with van der Waals surface area (Å²) in [7, 11) is 4.68. The quantitative estimate of drug-likeness (QED) is 0.540. The van der Waals surface area contributed by atoms with Crippen molar-refractivity contribution in [2.75, 3.05) is 21.3 Å². The average molecular weight is 425 g/mol. The van der Waals surface area contributed by atoms with E-state index in [0.29, 0.717) is 29.4 Å². The zero-order chi connectivity index (χ0) is 21.5. The highest BCUT2D eigenvalue weighted by atomic mass is 32.1. The van der Waals surface area contributed by atoms with E-state index in [-0.39, 0.29) is 5.91 Å². The van der Waals surface area contributed by atoms with Gasteiger partial charge < -0.3 is 19.5 Å². The Hall–Kier alpha value is -3.32. The van der Waals surface area contributed by atoms with Crippen LogP contribution >= 0.6 is 11.3 Å². The van der Waals surface area contributed by atoms with Crippen LogP contribution in [0.3, 0.4) is 0 Å². The van der Waals surface area contributed by atoms with Gasteiger partial charge in [0.2, 0.25) is 5.91 Å². The lowest BCUT2D eigenvalue weighted by Crippen LogP contribution is -2.20. The highest BCUT2D eigenvalue weighted by Gasteiger charge is 2.10. The molecule has 0 aliphatic carbocycles. The molecular formula is C23H24N2O4S. The standard InChI is InChI=1S/C23H24N2O4S/c1-15-5-7-16(8-6-15)18-14-30-23(25-18)13-24-22(26)10-9-17-11-20(28-3)21(29-4)12-19(17)27-2/h5-12,14H,13H2,1-4H3,(H,24,26)/b10-9+. The van der Waals surface area contributed by atoms with Gasteiger partial charge in [-0.3, -0.25) is 4.79 Å². The number of hydrogen-bond donors (Lipinski definition) is 1. The molecule has 0 unspecified atom stereocenters. The van der Waals surface area contributed by atoms with Gasteiger partial charge in [0, 0.05) is 28.6 Å². The van der Waals surface area contributed by atoms with Crippen LogP contribution in [-0.4, -0.2) is 32.2 Å². The van der Waals surface area contributed by atoms with Crippen LogP contribution in [0.4, 0.5) is 0 Å². The van der Waals surface area contributed by atoms with Gasteiger partial charge in [-0.25, -0.2) is 4.98 Å². The molecule has 1 amide bonds. The topological polar surface area (TPSA) is 69.7 Å². The SMILES string of the molecule is COc1cc(OC)c(OC)cc1/C=C/C(=O)NCc1nc(-c2ccc(C)cc2)cs1. The van der Waals surface area contributed by atoms with Gasteiger partial charge in [0.1, 0.15) is 10.8 Å². The van der Waals surface area contributed by atoms with Crippen molar-refractivity contribution in [1.82, 2.24) is 10.3 Å². The monoisotopic (exact) mass is 424 g/mol. The third kappa shape index (κ3) is 5.18. The molecule has 0 spiro atoms. The molecule has 6 nitrogen and oxygen atoms in total. The number of thiazole rings is 1. The third-order valence-electron chi connectivity index (χ3n) is 4.46. The minimum absolute atomic E-state index is 0.223. The number of amides is 1. The molecule has 156 valence electrons. The summed E-state index contributed by atoms with van der Waals surface area (Å²) in [6.45, 7) is 2.42. The Morgan fingerprint density at radius 2 is 1.70 bits per heavy atom. The predicted molar refractivity (Wildman–Crippen MR) is 119 cm³/mol. The third-order valence-corrected chi connectivity index (χ3v) is 5.31. The van der Waals surface area contributed by atoms with Crippen molar-refractivity contribution in [2.24, 2.45) is 0 Å². The second kappa shape index (κ2) is 9.93. The summed E-state index contributed by atoms with van der Waals surface area (Å²) in [6, 6.07) is 11.7. The van der Waals surface area contributed by atoms with E-state index < -0.39 is 0 Å². The summed E-state index contributed by atoms with van der Waals surface area (Å²) in [5.74, 6) is 1.48. The maximum absolute atomic E-state index is 12.3. The fourth-order valence-electron chi connectivity index (χ4n) is 2.82. The van der Waals surface area contributed by atoms with Crippen molar-refractivity contribution in [3.05, 3.63) is 64.0 Å². The Kier molecular flexibility index (Phi) is 7.08. The van der Waals surface area contributed by atoms with Gasteiger partial charge in [0.05, 0.1) is 33.6 Å². The molecule has 1 N–H and O–H groups in total. The number of aromatic nitrogens is 1. The summed E-state index contributed by atoms with van der Waals surface area (Å²) in [5.41, 5.74) is 3.89. The molecule has 1 heterocycles. The fraction of sp³-hybridized carbons (Fsp3) is 0.217. The van der Waals surface area contributed by atoms with Gasteiger partial charge in [-0.2, -0.15) is 0 Å². The number of carbonyl (C=O) groups excluding carboxylic acids is 1. The number of aryl methyl sites for hydroxylation is 1. The fourth-order valence-corrected chi connectivity index (χ4v) is 3.56. The maximum atomic E-state index is 12.3. The van der Waals surface area contributed by atoms with E-state index >= 15 is 0 Å². The van der Waals surface area contributed by atoms with Crippen LogP contribution in [0, 0.1) is 6.92 Å². The molecule has 0 aliphatic heterocycles. The van der Waals surface area contributed by atoms with Gasteiger partial charge in [0.15, 0.2) is 11.5 Å². The van der Waals surface area contributed by atoms with Gasteiger partial charge in [0.25, 0.3) is 0 Å². The highest BCUT2D eigenvalue weighted by molar-refractivity contribution is 7.09. The Morgan fingerprint density at radius 3 is 2.37 bits per heavy atom. The first-order valence-electron chi connectivity index (χ1n) is 9.31. The summed E-state index contributed by atoms with van der Waals surface area (Å²) < 4.78 is 16.0. The normalized spacial score (nSPS) is 10.8. The molecule has 0 bridgehead atoms. The Bertz CT molecular complexity index is 1040. The van der Waals surface area contributed by atoms with Gasteiger partial charge >= 0.3 is 0 Å². The van der Waals surface area contributed by atoms with Crippen LogP contribution in [0.2, 0.25) is 0 Å². The van der Waals surface area contributed by atoms with Gasteiger partial charge in [-0.05, 0) is 19.1 Å². The number of nitrogens with one attached hydrogen (secondary N) is 1. The molecule has 0 radical (unpaired) electrons. The van der Waals surface area contributed by atoms with Crippen molar-refractivity contribution in [2.45, 2.75) is 13.5 Å². The number of methoxy groups -OCH3 is 3. The van der Waals surface area contributed by atoms with Crippen molar-refractivity contribution < 1.29 is 19.0 Å². The van der Waals surface area contributed by atoms with Gasteiger partial charge in [-0.1, -0.05) is 29.8 Å². The molecule has 7 heteroatoms. The van der Waals surface area contributed by atoms with Crippen LogP contribution in [0.25, 0.3) is 17.3 Å². The predicted octanol–water partition coefficient (Wildman–Crippen LogP) is 4.47. The Balaban J connectivity index is 1.64. The first-order valence-corrected chi connectivity index (χ1v) is 10.2. The number of ether oxygens (including phenoxy) is 3. The average Bonchev–Trinajstić information content (AvgIpc) is 3.25. The summed E-state index contributed by atoms with van der Waals surface area (Å²) in [5, 5.41) is 5.70. The molecule has 0 saturated carbocycles. The lowest BCUT2D eigenvalue weighted by atomic mass is 10.1. The second-order valence-electron chi connectivity index (χ2n) is 6.49. The summed E-state index contributed by atoms with van der Waals surface area (Å²) in [6.07, 6.45) is 3.13. The van der Waals surface area contributed by atoms with E-state index in [1.807, 2.05) is 17.5 Å². The van der Waals surface area contributed by atoms with Crippen LogP contribution in [0.1, 0.15) is 16.1 Å². The number of nitrogens with zero attached hydrogens (tertiary/aromatic N) is 1. The molecule has 0 saturated heterocycles. The van der Waals surface area contributed by atoms with Crippen LogP contribution in [-0.2, 0) is 11.3 Å². The van der Waals surface area contributed by atoms with Crippen LogP contribution in [0.15, 0.2) is 47.9 Å². The highest BCUT2D eigenvalue weighted by Crippen LogP contribution is 2.35. The first kappa shape index (κ1) is 21.4. The van der Waals surface area contributed by atoms with Crippen LogP contribution < -0.4 is 19.5 Å². The Morgan fingerprint density at radius 1 is 1.03 bits per heavy atom. The number of carbonyl (C=O) groups is 1. The zero-order valence-electron chi connectivity index (χ0n) is 17.4. The first-order chi connectivity index (χ1) is 14.5. The van der Waals surface area contributed by atoms with Crippen molar-refractivity contribution in [3.63, 3.8) is 0 Å². The minimum Gasteiger partial charge on any atom is -0.496 e. The minimum atomic E-state index is -0.223. The number of rotatable bonds is 8. The lowest BCUT2D eigenvalue weighted by molar-refractivity contribution is -0.116. The van der Waals surface area contributed by atoms with Crippen molar-refractivity contribution in [3.8, 4) is 28.5 Å².